The number of aromatic hydroxyl groups is 1. The van der Waals surface area contributed by atoms with E-state index in [1.54, 1.807) is 12.1 Å². The summed E-state index contributed by atoms with van der Waals surface area (Å²) in [6, 6.07) is 5.55. The number of hydrogen-bond acceptors (Lipinski definition) is 7. The van der Waals surface area contributed by atoms with Crippen LogP contribution in [0.25, 0.3) is 0 Å². The maximum absolute atomic E-state index is 12.6. The van der Waals surface area contributed by atoms with Gasteiger partial charge in [0.05, 0.1) is 12.7 Å². The van der Waals surface area contributed by atoms with E-state index < -0.39 is 23.5 Å². The largest absolute Gasteiger partial charge is 0.508 e. The van der Waals surface area contributed by atoms with Gasteiger partial charge in [-0.15, -0.1) is 0 Å². The maximum Gasteiger partial charge on any atom is 0.328 e. The number of carbonyl (C=O) groups excluding carboxylic acids is 2. The average molecular weight is 551 g/mol. The van der Waals surface area contributed by atoms with Crippen LogP contribution in [0.1, 0.15) is 64.9 Å². The summed E-state index contributed by atoms with van der Waals surface area (Å²) in [5.41, 5.74) is 2.20. The van der Waals surface area contributed by atoms with E-state index >= 15 is 0 Å². The number of phenolic OH excluding ortho intramolecular Hbond substituents is 1. The quantitative estimate of drug-likeness (QED) is 0.341. The fraction of sp³-hybridized carbons (Fsp3) is 0.594. The molecule has 8 heteroatoms. The van der Waals surface area contributed by atoms with Gasteiger partial charge in [-0.25, -0.2) is 4.79 Å². The number of aliphatic hydroxyl groups is 1. The van der Waals surface area contributed by atoms with E-state index in [4.69, 9.17) is 9.57 Å². The third-order valence-electron chi connectivity index (χ3n) is 10.7. The number of nitrogens with zero attached hydrogens (tertiary/aromatic N) is 1. The van der Waals surface area contributed by atoms with Crippen LogP contribution in [0.3, 0.4) is 0 Å². The van der Waals surface area contributed by atoms with Gasteiger partial charge >= 0.3 is 5.97 Å². The summed E-state index contributed by atoms with van der Waals surface area (Å²) in [6.45, 7) is 6.36. The Kier molecular flexibility index (Phi) is 7.59. The third-order valence-corrected chi connectivity index (χ3v) is 10.7. The van der Waals surface area contributed by atoms with Crippen LogP contribution < -0.4 is 5.32 Å². The monoisotopic (exact) mass is 550 g/mol. The molecule has 0 unspecified atom stereocenters. The zero-order valence-electron chi connectivity index (χ0n) is 24.0. The van der Waals surface area contributed by atoms with E-state index in [1.165, 1.54) is 24.8 Å². The van der Waals surface area contributed by atoms with Crippen molar-refractivity contribution in [3.05, 3.63) is 53.6 Å². The van der Waals surface area contributed by atoms with Crippen LogP contribution in [0.4, 0.5) is 0 Å². The molecule has 5 rings (SSSR count). The molecule has 0 heterocycles. The standard InChI is InChI=1S/C32H42N2O6/c1-30-14-11-22(18-21(30)7-10-24-25(30)12-15-31(2)26(24)13-16-32(31,3)38)34-40-19-28(36)33-27(29(37)39-4)17-20-5-8-23(35)9-6-20/h5-6,8-9,11,14,18,24-27,35,38H,7,10,12-13,15-17,19H2,1-4H3,(H,33,36)/t24-,25-,26-,27-,30-,31-,32-/m0/s1. The highest BCUT2D eigenvalue weighted by atomic mass is 16.6. The summed E-state index contributed by atoms with van der Waals surface area (Å²) in [7, 11) is 1.27. The van der Waals surface area contributed by atoms with Gasteiger partial charge in [-0.3, -0.25) is 4.79 Å². The van der Waals surface area contributed by atoms with Crippen molar-refractivity contribution in [2.24, 2.45) is 33.7 Å². The Morgan fingerprint density at radius 1 is 1.10 bits per heavy atom. The number of esters is 1. The Morgan fingerprint density at radius 3 is 2.55 bits per heavy atom. The molecule has 40 heavy (non-hydrogen) atoms. The van der Waals surface area contributed by atoms with Gasteiger partial charge in [-0.05, 0) is 98.5 Å². The Balaban J connectivity index is 1.19. The Morgan fingerprint density at radius 2 is 1.82 bits per heavy atom. The molecule has 0 radical (unpaired) electrons. The van der Waals surface area contributed by atoms with E-state index in [2.05, 4.69) is 36.5 Å². The minimum Gasteiger partial charge on any atom is -0.508 e. The second kappa shape index (κ2) is 10.7. The van der Waals surface area contributed by atoms with E-state index in [0.717, 1.165) is 44.1 Å². The molecule has 4 aliphatic carbocycles. The van der Waals surface area contributed by atoms with Crippen LogP contribution in [-0.4, -0.2) is 53.2 Å². The highest BCUT2D eigenvalue weighted by Crippen LogP contribution is 2.66. The zero-order chi connectivity index (χ0) is 28.7. The smallest absolute Gasteiger partial charge is 0.328 e. The number of ether oxygens (including phenoxy) is 1. The van der Waals surface area contributed by atoms with Crippen LogP contribution in [-0.2, 0) is 25.6 Å². The van der Waals surface area contributed by atoms with Crippen molar-refractivity contribution >= 4 is 17.6 Å². The first-order valence-electron chi connectivity index (χ1n) is 14.4. The molecule has 3 saturated carbocycles. The van der Waals surface area contributed by atoms with Gasteiger partial charge in [0.1, 0.15) is 17.5 Å². The van der Waals surface area contributed by atoms with Crippen molar-refractivity contribution in [1.82, 2.24) is 5.32 Å². The van der Waals surface area contributed by atoms with Gasteiger partial charge < -0.3 is 25.1 Å². The first kappa shape index (κ1) is 28.4. The molecular weight excluding hydrogens is 508 g/mol. The lowest BCUT2D eigenvalue weighted by Gasteiger charge is -2.58. The number of benzene rings is 1. The molecule has 7 atom stereocenters. The number of nitrogens with one attached hydrogen (secondary N) is 1. The summed E-state index contributed by atoms with van der Waals surface area (Å²) in [6.07, 6.45) is 12.9. The number of phenols is 1. The molecule has 0 bridgehead atoms. The molecule has 1 aromatic carbocycles. The lowest BCUT2D eigenvalue weighted by Crippen LogP contribution is -2.53. The first-order chi connectivity index (χ1) is 19.0. The van der Waals surface area contributed by atoms with Crippen molar-refractivity contribution in [2.45, 2.75) is 77.4 Å². The predicted octanol–water partition coefficient (Wildman–Crippen LogP) is 4.45. The lowest BCUT2D eigenvalue weighted by molar-refractivity contribution is -0.145. The van der Waals surface area contributed by atoms with Crippen LogP contribution >= 0.6 is 0 Å². The fourth-order valence-corrected chi connectivity index (χ4v) is 8.11. The van der Waals surface area contributed by atoms with Crippen molar-refractivity contribution < 1.29 is 29.4 Å². The SMILES string of the molecule is COC(=O)[C@H](Cc1ccc(O)cc1)NC(=O)CON=C1C=C[C@@]2(C)C(=C1)CC[C@H]1[C@@H]2CC[C@@]2(C)[C@H]1CC[C@]2(C)O. The van der Waals surface area contributed by atoms with E-state index in [-0.39, 0.29) is 29.6 Å². The van der Waals surface area contributed by atoms with E-state index in [9.17, 15) is 19.8 Å². The summed E-state index contributed by atoms with van der Waals surface area (Å²) in [4.78, 5) is 30.2. The molecule has 1 amide bonds. The topological polar surface area (TPSA) is 117 Å². The number of methoxy groups -OCH3 is 1. The number of allylic oxidation sites excluding steroid dienone is 4. The molecule has 0 aromatic heterocycles. The number of oxime groups is 1. The molecule has 3 fully saturated rings. The molecule has 4 aliphatic rings. The molecule has 216 valence electrons. The second-order valence-corrected chi connectivity index (χ2v) is 12.8. The average Bonchev–Trinajstić information content (AvgIpc) is 3.17. The van der Waals surface area contributed by atoms with Gasteiger partial charge in [0.15, 0.2) is 6.61 Å². The second-order valence-electron chi connectivity index (χ2n) is 12.8. The third kappa shape index (κ3) is 5.06. The Bertz CT molecular complexity index is 1230. The number of rotatable bonds is 7. The number of carbonyl (C=O) groups is 2. The van der Waals surface area contributed by atoms with Crippen LogP contribution in [0.15, 0.2) is 53.2 Å². The fourth-order valence-electron chi connectivity index (χ4n) is 8.11. The first-order valence-corrected chi connectivity index (χ1v) is 14.4. The molecule has 8 nitrogen and oxygen atoms in total. The number of hydrogen-bond donors (Lipinski definition) is 3. The molecule has 1 aromatic rings. The van der Waals surface area contributed by atoms with E-state index in [1.807, 2.05) is 13.0 Å². The van der Waals surface area contributed by atoms with Gasteiger partial charge in [0, 0.05) is 11.8 Å². The van der Waals surface area contributed by atoms with Crippen LogP contribution in [0.2, 0.25) is 0 Å². The maximum atomic E-state index is 12.6. The molecule has 0 saturated heterocycles. The van der Waals surface area contributed by atoms with Gasteiger partial charge in [0.2, 0.25) is 0 Å². The Hall–Kier alpha value is -3.13. The van der Waals surface area contributed by atoms with Crippen LogP contribution in [0.5, 0.6) is 5.75 Å². The van der Waals surface area contributed by atoms with Gasteiger partial charge in [0.25, 0.3) is 5.91 Å². The number of amides is 1. The minimum absolute atomic E-state index is 0.00207. The molecular formula is C32H42N2O6. The summed E-state index contributed by atoms with van der Waals surface area (Å²) in [5.74, 6) is 0.809. The predicted molar refractivity (Wildman–Crippen MR) is 151 cm³/mol. The lowest BCUT2D eigenvalue weighted by atomic mass is 9.47. The normalized spacial score (nSPS) is 36.1. The van der Waals surface area contributed by atoms with Gasteiger partial charge in [-0.2, -0.15) is 0 Å². The highest BCUT2D eigenvalue weighted by Gasteiger charge is 2.62. The van der Waals surface area contributed by atoms with Crippen molar-refractivity contribution in [1.29, 1.82) is 0 Å². The van der Waals surface area contributed by atoms with E-state index in [0.29, 0.717) is 23.5 Å². The molecule has 0 aliphatic heterocycles. The molecule has 0 spiro atoms. The van der Waals surface area contributed by atoms with Gasteiger partial charge in [-0.1, -0.05) is 42.8 Å². The minimum atomic E-state index is -0.883. The van der Waals surface area contributed by atoms with Crippen LogP contribution in [0, 0.1) is 28.6 Å². The van der Waals surface area contributed by atoms with Crippen molar-refractivity contribution in [3.8, 4) is 5.75 Å². The van der Waals surface area contributed by atoms with Crippen molar-refractivity contribution in [2.75, 3.05) is 13.7 Å². The number of fused-ring (bicyclic) bond motifs is 5. The summed E-state index contributed by atoms with van der Waals surface area (Å²) in [5, 5.41) is 27.5. The zero-order valence-corrected chi connectivity index (χ0v) is 24.0. The van der Waals surface area contributed by atoms with Crippen molar-refractivity contribution in [3.63, 3.8) is 0 Å². The highest BCUT2D eigenvalue weighted by molar-refractivity contribution is 6.05. The summed E-state index contributed by atoms with van der Waals surface area (Å²) >= 11 is 0. The summed E-state index contributed by atoms with van der Waals surface area (Å²) < 4.78 is 4.84. The Labute approximate surface area is 236 Å². The molecule has 3 N–H and O–H groups in total.